The van der Waals surface area contributed by atoms with Crippen molar-refractivity contribution in [1.82, 2.24) is 19.8 Å². The normalized spacial score (nSPS) is 24.9. The molecule has 7 heteroatoms. The quantitative estimate of drug-likeness (QED) is 0.783. The number of nitrogens with zero attached hydrogens (tertiary/aromatic N) is 6. The van der Waals surface area contributed by atoms with Gasteiger partial charge in [-0.3, -0.25) is 9.69 Å². The van der Waals surface area contributed by atoms with Gasteiger partial charge in [0.1, 0.15) is 18.0 Å². The van der Waals surface area contributed by atoms with E-state index in [1.807, 2.05) is 30.9 Å². The Kier molecular flexibility index (Phi) is 5.21. The van der Waals surface area contributed by atoms with Crippen LogP contribution in [-0.2, 0) is 4.79 Å². The molecule has 0 N–H and O–H groups in total. The fourth-order valence-electron chi connectivity index (χ4n) is 4.57. The van der Waals surface area contributed by atoms with Gasteiger partial charge >= 0.3 is 0 Å². The van der Waals surface area contributed by atoms with E-state index in [1.54, 1.807) is 6.33 Å². The molecule has 7 nitrogen and oxygen atoms in total. The topological polar surface area (TPSA) is 55.8 Å². The van der Waals surface area contributed by atoms with Crippen LogP contribution in [0.15, 0.2) is 12.4 Å². The molecule has 27 heavy (non-hydrogen) atoms. The molecule has 1 aliphatic carbocycles. The fraction of sp³-hybridized carbons (Fsp3) is 0.750. The Balaban J connectivity index is 1.44. The lowest BCUT2D eigenvalue weighted by molar-refractivity contribution is -0.139. The van der Waals surface area contributed by atoms with Crippen molar-refractivity contribution in [2.75, 3.05) is 50.6 Å². The first-order chi connectivity index (χ1) is 13.0. The van der Waals surface area contributed by atoms with Gasteiger partial charge < -0.3 is 14.7 Å². The lowest BCUT2D eigenvalue weighted by atomic mass is 9.97. The van der Waals surface area contributed by atoms with Crippen molar-refractivity contribution < 1.29 is 4.79 Å². The molecule has 0 bridgehead atoms. The third-order valence-corrected chi connectivity index (χ3v) is 6.27. The summed E-state index contributed by atoms with van der Waals surface area (Å²) >= 11 is 0. The van der Waals surface area contributed by atoms with Gasteiger partial charge in [-0.05, 0) is 38.5 Å². The number of likely N-dealkylation sites (tertiary alicyclic amines) is 2. The average Bonchev–Trinajstić information content (AvgIpc) is 3.50. The maximum atomic E-state index is 12.5. The highest BCUT2D eigenvalue weighted by atomic mass is 16.2. The van der Waals surface area contributed by atoms with Crippen molar-refractivity contribution in [3.63, 3.8) is 0 Å². The molecule has 3 heterocycles. The highest BCUT2D eigenvalue weighted by molar-refractivity contribution is 5.82. The number of anilines is 2. The van der Waals surface area contributed by atoms with E-state index in [9.17, 15) is 4.79 Å². The third-order valence-electron chi connectivity index (χ3n) is 6.27. The second kappa shape index (κ2) is 7.62. The summed E-state index contributed by atoms with van der Waals surface area (Å²) in [6.45, 7) is 2.91. The van der Waals surface area contributed by atoms with Gasteiger partial charge in [0.15, 0.2) is 0 Å². The third kappa shape index (κ3) is 3.88. The van der Waals surface area contributed by atoms with E-state index in [-0.39, 0.29) is 6.04 Å². The molecule has 0 spiro atoms. The maximum absolute atomic E-state index is 12.5. The van der Waals surface area contributed by atoms with Crippen LogP contribution in [0.2, 0.25) is 0 Å². The number of carbonyl (C=O) groups excluding carboxylic acids is 1. The highest BCUT2D eigenvalue weighted by Crippen LogP contribution is 2.36. The van der Waals surface area contributed by atoms with Crippen LogP contribution in [0.3, 0.4) is 0 Å². The average molecular weight is 373 g/mol. The van der Waals surface area contributed by atoms with Gasteiger partial charge in [0, 0.05) is 58.9 Å². The Hall–Kier alpha value is -1.89. The molecule has 3 fully saturated rings. The van der Waals surface area contributed by atoms with Crippen LogP contribution in [0, 0.1) is 0 Å². The van der Waals surface area contributed by atoms with Gasteiger partial charge in [-0.2, -0.15) is 0 Å². The van der Waals surface area contributed by atoms with Crippen LogP contribution < -0.4 is 9.80 Å². The van der Waals surface area contributed by atoms with Gasteiger partial charge in [-0.1, -0.05) is 0 Å². The van der Waals surface area contributed by atoms with Crippen LogP contribution in [0.25, 0.3) is 0 Å². The SMILES string of the molecule is CN1CCCC(N2CCC(N(c3cc(N(C)C)ncn3)C3CC3)CC2)C1=O. The van der Waals surface area contributed by atoms with Crippen molar-refractivity contribution in [1.29, 1.82) is 0 Å². The Labute approximate surface area is 162 Å². The number of likely N-dealkylation sites (N-methyl/N-ethyl adjacent to an activating group) is 1. The first-order valence-electron chi connectivity index (χ1n) is 10.3. The van der Waals surface area contributed by atoms with Crippen molar-refractivity contribution in [2.45, 2.75) is 56.7 Å². The maximum Gasteiger partial charge on any atom is 0.239 e. The number of amides is 1. The minimum Gasteiger partial charge on any atom is -0.363 e. The summed E-state index contributed by atoms with van der Waals surface area (Å²) in [5.41, 5.74) is 0. The number of hydrogen-bond acceptors (Lipinski definition) is 6. The van der Waals surface area contributed by atoms with Crippen LogP contribution in [0.5, 0.6) is 0 Å². The molecule has 2 saturated heterocycles. The minimum absolute atomic E-state index is 0.0958. The van der Waals surface area contributed by atoms with Crippen LogP contribution in [-0.4, -0.2) is 84.6 Å². The predicted octanol–water partition coefficient (Wildman–Crippen LogP) is 1.60. The summed E-state index contributed by atoms with van der Waals surface area (Å²) < 4.78 is 0. The zero-order chi connectivity index (χ0) is 19.0. The van der Waals surface area contributed by atoms with E-state index in [0.29, 0.717) is 18.0 Å². The van der Waals surface area contributed by atoms with Gasteiger partial charge in [-0.25, -0.2) is 9.97 Å². The molecular formula is C20H32N6O. The summed E-state index contributed by atoms with van der Waals surface area (Å²) in [6, 6.07) is 3.34. The molecule has 1 unspecified atom stereocenters. The fourth-order valence-corrected chi connectivity index (χ4v) is 4.57. The molecule has 0 radical (unpaired) electrons. The van der Waals surface area contributed by atoms with E-state index >= 15 is 0 Å². The van der Waals surface area contributed by atoms with Crippen LogP contribution >= 0.6 is 0 Å². The number of rotatable bonds is 5. The van der Waals surface area contributed by atoms with E-state index in [2.05, 4.69) is 25.8 Å². The molecule has 4 rings (SSSR count). The molecule has 1 aromatic heterocycles. The van der Waals surface area contributed by atoms with Gasteiger partial charge in [-0.15, -0.1) is 0 Å². The van der Waals surface area contributed by atoms with Crippen molar-refractivity contribution in [3.8, 4) is 0 Å². The summed E-state index contributed by atoms with van der Waals surface area (Å²) in [7, 11) is 5.97. The Morgan fingerprint density at radius 3 is 2.30 bits per heavy atom. The number of carbonyl (C=O) groups is 1. The lowest BCUT2D eigenvalue weighted by Crippen LogP contribution is -2.55. The first-order valence-corrected chi connectivity index (χ1v) is 10.3. The Bertz CT molecular complexity index is 668. The van der Waals surface area contributed by atoms with E-state index < -0.39 is 0 Å². The lowest BCUT2D eigenvalue weighted by Gasteiger charge is -2.43. The molecular weight excluding hydrogens is 340 g/mol. The van der Waals surface area contributed by atoms with Crippen molar-refractivity contribution >= 4 is 17.5 Å². The van der Waals surface area contributed by atoms with E-state index in [1.165, 1.54) is 12.8 Å². The monoisotopic (exact) mass is 372 g/mol. The van der Waals surface area contributed by atoms with Gasteiger partial charge in [0.05, 0.1) is 6.04 Å². The second-order valence-electron chi connectivity index (χ2n) is 8.45. The van der Waals surface area contributed by atoms with E-state index in [4.69, 9.17) is 0 Å². The smallest absolute Gasteiger partial charge is 0.239 e. The number of hydrogen-bond donors (Lipinski definition) is 0. The van der Waals surface area contributed by atoms with Crippen LogP contribution in [0.4, 0.5) is 11.6 Å². The number of aromatic nitrogens is 2. The van der Waals surface area contributed by atoms with Crippen LogP contribution in [0.1, 0.15) is 38.5 Å². The molecule has 0 aromatic carbocycles. The second-order valence-corrected chi connectivity index (χ2v) is 8.45. The van der Waals surface area contributed by atoms with E-state index in [0.717, 1.165) is 57.0 Å². The molecule has 1 amide bonds. The van der Waals surface area contributed by atoms with Gasteiger partial charge in [0.25, 0.3) is 0 Å². The summed E-state index contributed by atoms with van der Waals surface area (Å²) in [6.07, 6.45) is 8.54. The standard InChI is InChI=1S/C20H32N6O/c1-23(2)18-13-19(22-14-21-18)26(15-6-7-15)16-8-11-25(12-9-16)17-5-4-10-24(3)20(17)27/h13-17H,4-12H2,1-3H3. The molecule has 1 saturated carbocycles. The molecule has 1 atom stereocenters. The van der Waals surface area contributed by atoms with Crippen molar-refractivity contribution in [3.05, 3.63) is 12.4 Å². The van der Waals surface area contributed by atoms with Gasteiger partial charge in [0.2, 0.25) is 5.91 Å². The zero-order valence-electron chi connectivity index (χ0n) is 16.8. The zero-order valence-corrected chi connectivity index (χ0v) is 16.8. The Morgan fingerprint density at radius 2 is 1.63 bits per heavy atom. The summed E-state index contributed by atoms with van der Waals surface area (Å²) in [5, 5.41) is 0. The van der Waals surface area contributed by atoms with Crippen molar-refractivity contribution in [2.24, 2.45) is 0 Å². The summed E-state index contributed by atoms with van der Waals surface area (Å²) in [4.78, 5) is 30.4. The summed E-state index contributed by atoms with van der Waals surface area (Å²) in [5.74, 6) is 2.33. The minimum atomic E-state index is 0.0958. The first kappa shape index (κ1) is 18.5. The largest absolute Gasteiger partial charge is 0.363 e. The molecule has 1 aromatic rings. The molecule has 148 valence electrons. The number of piperidine rings is 2. The molecule has 3 aliphatic rings. The Morgan fingerprint density at radius 1 is 0.963 bits per heavy atom. The highest BCUT2D eigenvalue weighted by Gasteiger charge is 2.39. The molecule has 2 aliphatic heterocycles. The predicted molar refractivity (Wildman–Crippen MR) is 107 cm³/mol.